The van der Waals surface area contributed by atoms with Crippen LogP contribution < -0.4 is 5.32 Å². The molecule has 1 N–H and O–H groups in total. The number of carbonyl (C=O) groups is 1. The number of hydrogen-bond donors (Lipinski definition) is 1. The predicted octanol–water partition coefficient (Wildman–Crippen LogP) is 6.37. The van der Waals surface area contributed by atoms with E-state index < -0.39 is 24.7 Å². The van der Waals surface area contributed by atoms with Gasteiger partial charge in [-0.1, -0.05) is 97.6 Å². The highest BCUT2D eigenvalue weighted by molar-refractivity contribution is 7.83. The number of halogens is 1. The van der Waals surface area contributed by atoms with Gasteiger partial charge in [0, 0.05) is 25.0 Å². The lowest BCUT2D eigenvalue weighted by Crippen LogP contribution is -2.63. The van der Waals surface area contributed by atoms with Crippen LogP contribution in [0.5, 0.6) is 0 Å². The average Bonchev–Trinajstić information content (AvgIpc) is 3.00. The van der Waals surface area contributed by atoms with Gasteiger partial charge < -0.3 is 14.6 Å². The number of carbonyl (C=O) groups excluding carboxylic acids is 1. The highest BCUT2D eigenvalue weighted by atomic mass is 35.7. The van der Waals surface area contributed by atoms with Crippen molar-refractivity contribution in [1.82, 2.24) is 19.8 Å². The highest BCUT2D eigenvalue weighted by Gasteiger charge is 2.48. The second-order valence-electron chi connectivity index (χ2n) is 10.6. The molecular weight excluding hydrogens is 571 g/mol. The molecule has 3 aromatic carbocycles. The van der Waals surface area contributed by atoms with E-state index in [1.54, 1.807) is 25.2 Å². The van der Waals surface area contributed by atoms with Gasteiger partial charge in [-0.15, -0.1) is 0 Å². The molecule has 0 saturated carbocycles. The Balaban J connectivity index is 1.67. The van der Waals surface area contributed by atoms with E-state index >= 15 is 0 Å². The zero-order chi connectivity index (χ0) is 29.9. The van der Waals surface area contributed by atoms with Crippen molar-refractivity contribution in [3.05, 3.63) is 132 Å². The molecule has 0 spiro atoms. The third-order valence-electron chi connectivity index (χ3n) is 7.71. The fourth-order valence-corrected chi connectivity index (χ4v) is 6.31. The first-order valence-corrected chi connectivity index (χ1v) is 16.3. The van der Waals surface area contributed by atoms with Gasteiger partial charge in [0.1, 0.15) is 0 Å². The molecule has 3 aromatic rings. The summed E-state index contributed by atoms with van der Waals surface area (Å²) < 4.78 is 26.6. The van der Waals surface area contributed by atoms with Crippen LogP contribution in [0.2, 0.25) is 0 Å². The van der Waals surface area contributed by atoms with Gasteiger partial charge in [-0.2, -0.15) is 0 Å². The summed E-state index contributed by atoms with van der Waals surface area (Å²) in [6.07, 6.45) is 0.493. The van der Waals surface area contributed by atoms with Crippen LogP contribution in [0.15, 0.2) is 115 Å². The van der Waals surface area contributed by atoms with E-state index in [1.165, 1.54) is 4.67 Å². The van der Waals surface area contributed by atoms with Crippen LogP contribution in [0.3, 0.4) is 0 Å². The summed E-state index contributed by atoms with van der Waals surface area (Å²) in [4.78, 5) is 17.1. The number of amides is 2. The van der Waals surface area contributed by atoms with E-state index in [4.69, 9.17) is 20.5 Å². The maximum Gasteiger partial charge on any atom is 0.362 e. The summed E-state index contributed by atoms with van der Waals surface area (Å²) in [5, 5.41) is 2.83. The molecule has 5 rings (SSSR count). The number of nitrogens with one attached hydrogen (secondary N) is 1. The maximum atomic E-state index is 13.2. The van der Waals surface area contributed by atoms with Crippen molar-refractivity contribution < 1.29 is 18.6 Å². The minimum Gasteiger partial charge on any atom is -0.350 e. The quantitative estimate of drug-likeness (QED) is 0.225. The monoisotopic (exact) mass is 606 g/mol. The van der Waals surface area contributed by atoms with Crippen molar-refractivity contribution in [2.45, 2.75) is 24.8 Å². The Kier molecular flexibility index (Phi) is 9.04. The Morgan fingerprint density at radius 2 is 1.48 bits per heavy atom. The molecule has 0 aromatic heterocycles. The van der Waals surface area contributed by atoms with Crippen molar-refractivity contribution in [2.24, 2.45) is 0 Å². The first kappa shape index (κ1) is 30.2. The molecule has 2 heterocycles. The number of ether oxygens (including phenoxy) is 1. The molecular formula is C32H36ClN4O4P. The lowest BCUT2D eigenvalue weighted by Gasteiger charge is -2.52. The second kappa shape index (κ2) is 12.6. The molecule has 2 amide bonds. The van der Waals surface area contributed by atoms with Crippen LogP contribution in [-0.4, -0.2) is 66.6 Å². The van der Waals surface area contributed by atoms with Crippen molar-refractivity contribution >= 4 is 24.1 Å². The van der Waals surface area contributed by atoms with Crippen LogP contribution >= 0.6 is 18.1 Å². The minimum absolute atomic E-state index is 0.0364. The third kappa shape index (κ3) is 5.97. The second-order valence-corrected chi connectivity index (χ2v) is 13.9. The standard InChI is InChI=1S/C32H36ClN4O4P/c1-24-20-37(31(38)34-25(24)2)30-22-36(21-29(41-30)23-40-42(33,39)35(3)4)32(26-14-8-5-9-15-26,27-16-10-6-11-17-27)28-18-12-7-13-19-28/h5-20,29-30H,2,21-23H2,1,3-4H3,(H,34,38)/t29-,30+,42?/m0/s1. The van der Waals surface area contributed by atoms with Crippen LogP contribution in [-0.2, 0) is 19.4 Å². The molecule has 1 saturated heterocycles. The highest BCUT2D eigenvalue weighted by Crippen LogP contribution is 2.54. The third-order valence-corrected chi connectivity index (χ3v) is 10.3. The van der Waals surface area contributed by atoms with Gasteiger partial charge >= 0.3 is 12.9 Å². The molecule has 0 radical (unpaired) electrons. The summed E-state index contributed by atoms with van der Waals surface area (Å²) in [6, 6.07) is 30.6. The molecule has 1 unspecified atom stereocenters. The van der Waals surface area contributed by atoms with E-state index in [9.17, 15) is 9.36 Å². The van der Waals surface area contributed by atoms with Gasteiger partial charge in [-0.05, 0) is 54.5 Å². The lowest BCUT2D eigenvalue weighted by molar-refractivity contribution is -0.152. The summed E-state index contributed by atoms with van der Waals surface area (Å²) in [7, 11) is 3.21. The number of nitrogens with zero attached hydrogens (tertiary/aromatic N) is 3. The number of rotatable bonds is 9. The van der Waals surface area contributed by atoms with E-state index in [0.29, 0.717) is 18.8 Å². The van der Waals surface area contributed by atoms with Crippen LogP contribution in [0, 0.1) is 0 Å². The smallest absolute Gasteiger partial charge is 0.350 e. The molecule has 0 aliphatic carbocycles. The number of hydrogen-bond acceptors (Lipinski definition) is 5. The van der Waals surface area contributed by atoms with E-state index in [-0.39, 0.29) is 12.6 Å². The summed E-state index contributed by atoms with van der Waals surface area (Å²) in [5.74, 6) is 0. The molecule has 8 nitrogen and oxygen atoms in total. The Morgan fingerprint density at radius 1 is 0.976 bits per heavy atom. The predicted molar refractivity (Wildman–Crippen MR) is 166 cm³/mol. The average molecular weight is 607 g/mol. The molecule has 0 bridgehead atoms. The zero-order valence-electron chi connectivity index (χ0n) is 24.0. The normalized spacial score (nSPS) is 21.5. The molecule has 2 aliphatic rings. The number of allylic oxidation sites excluding steroid dienone is 1. The first-order chi connectivity index (χ1) is 20.1. The number of benzene rings is 3. The van der Waals surface area contributed by atoms with E-state index in [1.807, 2.05) is 61.5 Å². The maximum absolute atomic E-state index is 13.2. The number of morpholine rings is 1. The first-order valence-electron chi connectivity index (χ1n) is 13.8. The Bertz CT molecular complexity index is 1390. The Labute approximate surface area is 252 Å². The minimum atomic E-state index is -3.56. The summed E-state index contributed by atoms with van der Waals surface area (Å²) >= 11 is 6.24. The molecule has 10 heteroatoms. The van der Waals surface area contributed by atoms with Gasteiger partial charge in [-0.25, -0.2) is 9.46 Å². The molecule has 1 fully saturated rings. The van der Waals surface area contributed by atoms with Crippen LogP contribution in [0.4, 0.5) is 4.79 Å². The Morgan fingerprint density at radius 3 is 1.95 bits per heavy atom. The number of urea groups is 1. The van der Waals surface area contributed by atoms with Gasteiger partial charge in [0.15, 0.2) is 6.23 Å². The van der Waals surface area contributed by atoms with Crippen LogP contribution in [0.25, 0.3) is 0 Å². The molecule has 3 atom stereocenters. The van der Waals surface area contributed by atoms with Crippen molar-refractivity contribution in [2.75, 3.05) is 33.8 Å². The summed E-state index contributed by atoms with van der Waals surface area (Å²) in [6.45, 7) is 3.01. The fourth-order valence-electron chi connectivity index (χ4n) is 5.56. The van der Waals surface area contributed by atoms with Crippen molar-refractivity contribution in [3.63, 3.8) is 0 Å². The van der Waals surface area contributed by atoms with Gasteiger partial charge in [-0.3, -0.25) is 14.4 Å². The van der Waals surface area contributed by atoms with Gasteiger partial charge in [0.2, 0.25) is 0 Å². The zero-order valence-corrected chi connectivity index (χ0v) is 25.7. The Hall–Kier alpha value is -3.23. The topological polar surface area (TPSA) is 74.4 Å². The van der Waals surface area contributed by atoms with Crippen molar-refractivity contribution in [3.8, 4) is 0 Å². The van der Waals surface area contributed by atoms with Gasteiger partial charge in [0.25, 0.3) is 0 Å². The van der Waals surface area contributed by atoms with Gasteiger partial charge in [0.05, 0.1) is 18.2 Å². The van der Waals surface area contributed by atoms with E-state index in [2.05, 4.69) is 53.2 Å². The van der Waals surface area contributed by atoms with Crippen LogP contribution in [0.1, 0.15) is 23.6 Å². The SMILES string of the molecule is C=C1NC(=O)N([C@H]2CN(C(c3ccccc3)(c3ccccc3)c3ccccc3)C[C@@H](COP(=O)(Cl)N(C)C)O2)C=C1C. The lowest BCUT2D eigenvalue weighted by atomic mass is 9.75. The fraction of sp³-hybridized carbons (Fsp3) is 0.281. The molecule has 220 valence electrons. The summed E-state index contributed by atoms with van der Waals surface area (Å²) in [5.41, 5.74) is 3.78. The molecule has 42 heavy (non-hydrogen) atoms. The van der Waals surface area contributed by atoms with Crippen molar-refractivity contribution in [1.29, 1.82) is 0 Å². The largest absolute Gasteiger partial charge is 0.362 e. The van der Waals surface area contributed by atoms with E-state index in [0.717, 1.165) is 22.3 Å². The molecule has 2 aliphatic heterocycles.